The van der Waals surface area contributed by atoms with Gasteiger partial charge in [-0.05, 0) is 6.42 Å². The van der Waals surface area contributed by atoms with Gasteiger partial charge in [0, 0.05) is 32.5 Å². The molecule has 9 nitrogen and oxygen atoms in total. The van der Waals surface area contributed by atoms with E-state index in [1.165, 1.54) is 0 Å². The molecule has 0 aromatic rings. The maximum Gasteiger partial charge on any atom is 0.304 e. The summed E-state index contributed by atoms with van der Waals surface area (Å²) in [5.74, 6) is -1.58. The molecule has 0 aliphatic heterocycles. The molecule has 0 bridgehead atoms. The molecule has 0 aromatic carbocycles. The Labute approximate surface area is 138 Å². The summed E-state index contributed by atoms with van der Waals surface area (Å²) < 4.78 is 0. The van der Waals surface area contributed by atoms with E-state index in [0.717, 1.165) is 12.7 Å². The fourth-order valence-corrected chi connectivity index (χ4v) is 0.123. The average molecular weight is 342 g/mol. The second-order valence-corrected chi connectivity index (χ2v) is 3.49. The Morgan fingerprint density at radius 2 is 1.22 bits per heavy atom. The van der Waals surface area contributed by atoms with Crippen molar-refractivity contribution in [3.8, 4) is 0 Å². The first kappa shape index (κ1) is 33.1. The predicted molar refractivity (Wildman–Crippen MR) is 89.1 cm³/mol. The van der Waals surface area contributed by atoms with Gasteiger partial charge >= 0.3 is 11.9 Å². The third kappa shape index (κ3) is 167. The SMILES string of the molecule is CCC(=O)O.CCC=O.CCCO.NCCC(=O)O.NCCO. The molecule has 23 heavy (non-hydrogen) atoms. The summed E-state index contributed by atoms with van der Waals surface area (Å²) in [6, 6.07) is 0. The number of aliphatic hydroxyl groups excluding tert-OH is 2. The number of aliphatic carboxylic acids is 2. The molecule has 0 atom stereocenters. The summed E-state index contributed by atoms with van der Waals surface area (Å²) in [5, 5.41) is 31.2. The van der Waals surface area contributed by atoms with Gasteiger partial charge in [-0.25, -0.2) is 0 Å². The molecule has 0 aliphatic rings. The van der Waals surface area contributed by atoms with Crippen molar-refractivity contribution < 1.29 is 34.8 Å². The molecule has 0 rings (SSSR count). The summed E-state index contributed by atoms with van der Waals surface area (Å²) in [7, 11) is 0. The van der Waals surface area contributed by atoms with Crippen molar-refractivity contribution in [1.29, 1.82) is 0 Å². The van der Waals surface area contributed by atoms with Crippen LogP contribution in [0.25, 0.3) is 0 Å². The van der Waals surface area contributed by atoms with Gasteiger partial charge in [0.05, 0.1) is 13.0 Å². The highest BCUT2D eigenvalue weighted by Crippen LogP contribution is 1.68. The number of carbonyl (C=O) groups is 3. The lowest BCUT2D eigenvalue weighted by Crippen LogP contribution is -2.05. The van der Waals surface area contributed by atoms with Crippen molar-refractivity contribution in [3.05, 3.63) is 0 Å². The third-order valence-electron chi connectivity index (χ3n) is 1.18. The van der Waals surface area contributed by atoms with Gasteiger partial charge in [-0.3, -0.25) is 9.59 Å². The van der Waals surface area contributed by atoms with Crippen LogP contribution in [0.15, 0.2) is 0 Å². The monoisotopic (exact) mass is 342 g/mol. The number of carboxylic acids is 2. The summed E-state index contributed by atoms with van der Waals surface area (Å²) in [6.45, 7) is 6.37. The molecule has 0 saturated heterocycles. The van der Waals surface area contributed by atoms with Crippen molar-refractivity contribution in [1.82, 2.24) is 0 Å². The zero-order valence-corrected chi connectivity index (χ0v) is 14.4. The minimum Gasteiger partial charge on any atom is -0.481 e. The zero-order chi connectivity index (χ0) is 19.5. The summed E-state index contributed by atoms with van der Waals surface area (Å²) in [6.07, 6.45) is 2.68. The van der Waals surface area contributed by atoms with Gasteiger partial charge in [0.1, 0.15) is 6.29 Å². The maximum atomic E-state index is 9.52. The minimum atomic E-state index is -0.836. The van der Waals surface area contributed by atoms with E-state index in [1.54, 1.807) is 6.92 Å². The molecule has 0 unspecified atom stereocenters. The second-order valence-electron chi connectivity index (χ2n) is 3.49. The van der Waals surface area contributed by atoms with E-state index in [2.05, 4.69) is 0 Å². The van der Waals surface area contributed by atoms with Gasteiger partial charge in [0.15, 0.2) is 0 Å². The molecule has 0 fully saturated rings. The molecule has 0 saturated carbocycles. The molecule has 0 amide bonds. The van der Waals surface area contributed by atoms with Gasteiger partial charge < -0.3 is 36.7 Å². The molecule has 142 valence electrons. The van der Waals surface area contributed by atoms with Crippen LogP contribution in [0.1, 0.15) is 46.5 Å². The normalized spacial score (nSPS) is 7.43. The number of nitrogens with two attached hydrogens (primary N) is 2. The lowest BCUT2D eigenvalue weighted by molar-refractivity contribution is -0.137. The highest BCUT2D eigenvalue weighted by molar-refractivity contribution is 5.66. The first-order valence-corrected chi connectivity index (χ1v) is 7.28. The number of carbonyl (C=O) groups excluding carboxylic acids is 1. The van der Waals surface area contributed by atoms with E-state index < -0.39 is 11.9 Å². The summed E-state index contributed by atoms with van der Waals surface area (Å²) >= 11 is 0. The van der Waals surface area contributed by atoms with E-state index in [4.69, 9.17) is 31.9 Å². The van der Waals surface area contributed by atoms with Crippen LogP contribution in [0.5, 0.6) is 0 Å². The average Bonchev–Trinajstić information content (AvgIpc) is 2.55. The topological polar surface area (TPSA) is 184 Å². The zero-order valence-electron chi connectivity index (χ0n) is 14.4. The number of carboxylic acid groups (broad SMARTS) is 2. The number of hydrogen-bond donors (Lipinski definition) is 6. The lowest BCUT2D eigenvalue weighted by Gasteiger charge is -1.80. The summed E-state index contributed by atoms with van der Waals surface area (Å²) in [4.78, 5) is 28.1. The molecule has 0 spiro atoms. The minimum absolute atomic E-state index is 0.0694. The number of aliphatic hydroxyl groups is 2. The third-order valence-corrected chi connectivity index (χ3v) is 1.18. The molecule has 0 aromatic heterocycles. The maximum absolute atomic E-state index is 9.52. The number of aldehydes is 1. The van der Waals surface area contributed by atoms with E-state index in [1.807, 2.05) is 13.8 Å². The van der Waals surface area contributed by atoms with E-state index in [0.29, 0.717) is 19.6 Å². The highest BCUT2D eigenvalue weighted by atomic mass is 16.4. The van der Waals surface area contributed by atoms with Crippen molar-refractivity contribution in [2.75, 3.05) is 26.3 Å². The number of rotatable bonds is 6. The van der Waals surface area contributed by atoms with Crippen LogP contribution < -0.4 is 11.5 Å². The second kappa shape index (κ2) is 42.8. The summed E-state index contributed by atoms with van der Waals surface area (Å²) in [5.41, 5.74) is 9.63. The first-order chi connectivity index (χ1) is 10.8. The Morgan fingerprint density at radius 1 is 0.913 bits per heavy atom. The van der Waals surface area contributed by atoms with Crippen LogP contribution in [-0.4, -0.2) is 65.0 Å². The Bertz CT molecular complexity index is 219. The van der Waals surface area contributed by atoms with Crippen molar-refractivity contribution in [2.24, 2.45) is 11.5 Å². The molecule has 0 heterocycles. The van der Waals surface area contributed by atoms with Gasteiger partial charge in [0.2, 0.25) is 0 Å². The Hall–Kier alpha value is -1.55. The standard InChI is InChI=1S/C3H7NO2.C3H6O2.C3H8O.C3H6O.C2H7NO/c4-2-1-3(5)6;1-2-3(4)5;2*1-2-3-4;3-1-2-4/h1-2,4H2,(H,5,6);2H2,1H3,(H,4,5);4H,2-3H2,1H3;3H,2H2,1H3;4H,1-3H2. The van der Waals surface area contributed by atoms with E-state index in [9.17, 15) is 14.4 Å². The molecule has 0 aliphatic carbocycles. The highest BCUT2D eigenvalue weighted by Gasteiger charge is 1.87. The van der Waals surface area contributed by atoms with Crippen LogP contribution in [0, 0.1) is 0 Å². The van der Waals surface area contributed by atoms with Gasteiger partial charge in [0.25, 0.3) is 0 Å². The molecule has 9 heteroatoms. The van der Waals surface area contributed by atoms with Crippen LogP contribution in [-0.2, 0) is 14.4 Å². The first-order valence-electron chi connectivity index (χ1n) is 7.28. The van der Waals surface area contributed by atoms with Crippen LogP contribution >= 0.6 is 0 Å². The molecular weight excluding hydrogens is 308 g/mol. The molecule has 0 radical (unpaired) electrons. The quantitative estimate of drug-likeness (QED) is 0.356. The van der Waals surface area contributed by atoms with Crippen molar-refractivity contribution in [2.45, 2.75) is 46.5 Å². The fourth-order valence-electron chi connectivity index (χ4n) is 0.123. The van der Waals surface area contributed by atoms with Gasteiger partial charge in [-0.1, -0.05) is 20.8 Å². The molecular formula is C14H34N2O7. The predicted octanol–water partition coefficient (Wildman–Crippen LogP) is -0.178. The molecule has 8 N–H and O–H groups in total. The van der Waals surface area contributed by atoms with Gasteiger partial charge in [-0.2, -0.15) is 0 Å². The lowest BCUT2D eigenvalue weighted by atomic mass is 10.5. The Balaban J connectivity index is -0.0000000594. The van der Waals surface area contributed by atoms with Gasteiger partial charge in [-0.15, -0.1) is 0 Å². The Kier molecular flexibility index (Phi) is 61.6. The van der Waals surface area contributed by atoms with Crippen LogP contribution in [0.2, 0.25) is 0 Å². The van der Waals surface area contributed by atoms with E-state index >= 15 is 0 Å². The van der Waals surface area contributed by atoms with E-state index in [-0.39, 0.29) is 26.0 Å². The smallest absolute Gasteiger partial charge is 0.304 e. The van der Waals surface area contributed by atoms with Crippen molar-refractivity contribution >= 4 is 18.2 Å². The van der Waals surface area contributed by atoms with Crippen LogP contribution in [0.3, 0.4) is 0 Å². The largest absolute Gasteiger partial charge is 0.481 e. The van der Waals surface area contributed by atoms with Crippen molar-refractivity contribution in [3.63, 3.8) is 0 Å². The number of hydrogen-bond acceptors (Lipinski definition) is 7. The Morgan fingerprint density at radius 3 is 1.22 bits per heavy atom. The fraction of sp³-hybridized carbons (Fsp3) is 0.786. The van der Waals surface area contributed by atoms with Crippen LogP contribution in [0.4, 0.5) is 0 Å².